The molecule has 4 N–H and O–H groups in total. The molecule has 1 heterocycles. The number of carbonyl (C=O) groups excluding carboxylic acids is 1. The molecule has 0 aliphatic carbocycles. The first-order chi connectivity index (χ1) is 8.08. The zero-order valence-electron chi connectivity index (χ0n) is 9.85. The topological polar surface area (TPSA) is 81.6 Å². The number of ether oxygens (including phenoxy) is 1. The maximum atomic E-state index is 11.4. The standard InChI is InChI=1S/C12H17N3O2/c1-8(13)7-15(12(14)16)10-2-3-11-9(6-10)4-5-17-11/h2-3,6,8H,4-5,7,13H2,1H3,(H2,14,16). The van der Waals surface area contributed by atoms with Gasteiger partial charge in [0.15, 0.2) is 0 Å². The predicted octanol–water partition coefficient (Wildman–Crippen LogP) is 0.854. The molecule has 2 rings (SSSR count). The summed E-state index contributed by atoms with van der Waals surface area (Å²) in [5, 5.41) is 0. The molecule has 17 heavy (non-hydrogen) atoms. The Hall–Kier alpha value is -1.75. The van der Waals surface area contributed by atoms with E-state index in [9.17, 15) is 4.79 Å². The highest BCUT2D eigenvalue weighted by molar-refractivity contribution is 5.91. The molecule has 92 valence electrons. The second kappa shape index (κ2) is 4.63. The van der Waals surface area contributed by atoms with Crippen LogP contribution in [0.1, 0.15) is 12.5 Å². The van der Waals surface area contributed by atoms with Crippen molar-refractivity contribution in [2.75, 3.05) is 18.1 Å². The lowest BCUT2D eigenvalue weighted by Crippen LogP contribution is -2.42. The second-order valence-electron chi connectivity index (χ2n) is 4.32. The van der Waals surface area contributed by atoms with Gasteiger partial charge in [-0.1, -0.05) is 0 Å². The summed E-state index contributed by atoms with van der Waals surface area (Å²) in [7, 11) is 0. The lowest BCUT2D eigenvalue weighted by molar-refractivity contribution is 0.253. The summed E-state index contributed by atoms with van der Waals surface area (Å²) in [5.41, 5.74) is 13.0. The van der Waals surface area contributed by atoms with Crippen LogP contribution in [0.4, 0.5) is 10.5 Å². The second-order valence-corrected chi connectivity index (χ2v) is 4.32. The molecule has 1 aromatic rings. The number of urea groups is 1. The molecule has 1 aliphatic heterocycles. The van der Waals surface area contributed by atoms with E-state index in [1.165, 1.54) is 4.90 Å². The zero-order valence-corrected chi connectivity index (χ0v) is 9.85. The molecule has 5 nitrogen and oxygen atoms in total. The average molecular weight is 235 g/mol. The molecule has 0 fully saturated rings. The molecule has 0 radical (unpaired) electrons. The number of benzene rings is 1. The smallest absolute Gasteiger partial charge is 0.319 e. The van der Waals surface area contributed by atoms with Crippen molar-refractivity contribution < 1.29 is 9.53 Å². The van der Waals surface area contributed by atoms with Gasteiger partial charge in [-0.05, 0) is 30.7 Å². The third-order valence-corrected chi connectivity index (χ3v) is 2.72. The Kier molecular flexibility index (Phi) is 3.19. The summed E-state index contributed by atoms with van der Waals surface area (Å²) in [6.45, 7) is 2.95. The van der Waals surface area contributed by atoms with E-state index in [1.807, 2.05) is 25.1 Å². The lowest BCUT2D eigenvalue weighted by Gasteiger charge is -2.22. The van der Waals surface area contributed by atoms with Gasteiger partial charge in [0, 0.05) is 24.7 Å². The number of rotatable bonds is 3. The van der Waals surface area contributed by atoms with Gasteiger partial charge in [-0.15, -0.1) is 0 Å². The SMILES string of the molecule is CC(N)CN(C(N)=O)c1ccc2c(c1)CCO2. The molecule has 5 heteroatoms. The van der Waals surface area contributed by atoms with E-state index in [-0.39, 0.29) is 6.04 Å². The maximum Gasteiger partial charge on any atom is 0.319 e. The molecule has 2 amide bonds. The summed E-state index contributed by atoms with van der Waals surface area (Å²) in [5.74, 6) is 0.888. The van der Waals surface area contributed by atoms with E-state index in [0.717, 1.165) is 23.4 Å². The number of nitrogens with two attached hydrogens (primary N) is 2. The van der Waals surface area contributed by atoms with Gasteiger partial charge in [-0.3, -0.25) is 4.90 Å². The third kappa shape index (κ3) is 2.50. The molecule has 0 bridgehead atoms. The molecule has 1 aromatic carbocycles. The highest BCUT2D eigenvalue weighted by Crippen LogP contribution is 2.29. The number of hydrogen-bond acceptors (Lipinski definition) is 3. The summed E-state index contributed by atoms with van der Waals surface area (Å²) in [6.07, 6.45) is 0.869. The number of fused-ring (bicyclic) bond motifs is 1. The third-order valence-electron chi connectivity index (χ3n) is 2.72. The molecule has 0 spiro atoms. The van der Waals surface area contributed by atoms with Crippen molar-refractivity contribution >= 4 is 11.7 Å². The Balaban J connectivity index is 2.27. The number of amides is 2. The van der Waals surface area contributed by atoms with Gasteiger partial charge in [0.25, 0.3) is 0 Å². The van der Waals surface area contributed by atoms with Crippen LogP contribution in [0.2, 0.25) is 0 Å². The van der Waals surface area contributed by atoms with E-state index in [1.54, 1.807) is 0 Å². The molecule has 0 saturated carbocycles. The fraction of sp³-hybridized carbons (Fsp3) is 0.417. The van der Waals surface area contributed by atoms with Crippen molar-refractivity contribution in [3.05, 3.63) is 23.8 Å². The fourth-order valence-corrected chi connectivity index (χ4v) is 1.95. The van der Waals surface area contributed by atoms with Crippen LogP contribution in [0.3, 0.4) is 0 Å². The minimum absolute atomic E-state index is 0.119. The minimum Gasteiger partial charge on any atom is -0.493 e. The normalized spacial score (nSPS) is 14.9. The Morgan fingerprint density at radius 2 is 2.35 bits per heavy atom. The van der Waals surface area contributed by atoms with Crippen LogP contribution < -0.4 is 21.1 Å². The van der Waals surface area contributed by atoms with Crippen LogP contribution in [-0.4, -0.2) is 25.2 Å². The van der Waals surface area contributed by atoms with E-state index >= 15 is 0 Å². The van der Waals surface area contributed by atoms with Crippen LogP contribution in [0.5, 0.6) is 5.75 Å². The van der Waals surface area contributed by atoms with Gasteiger partial charge < -0.3 is 16.2 Å². The monoisotopic (exact) mass is 235 g/mol. The van der Waals surface area contributed by atoms with Crippen LogP contribution in [-0.2, 0) is 6.42 Å². The van der Waals surface area contributed by atoms with Crippen LogP contribution in [0.25, 0.3) is 0 Å². The van der Waals surface area contributed by atoms with Crippen molar-refractivity contribution in [1.82, 2.24) is 0 Å². The van der Waals surface area contributed by atoms with E-state index in [0.29, 0.717) is 13.2 Å². The van der Waals surface area contributed by atoms with Crippen LogP contribution in [0, 0.1) is 0 Å². The van der Waals surface area contributed by atoms with E-state index < -0.39 is 6.03 Å². The highest BCUT2D eigenvalue weighted by Gasteiger charge is 2.18. The van der Waals surface area contributed by atoms with Gasteiger partial charge in [-0.2, -0.15) is 0 Å². The number of hydrogen-bond donors (Lipinski definition) is 2. The minimum atomic E-state index is -0.485. The highest BCUT2D eigenvalue weighted by atomic mass is 16.5. The van der Waals surface area contributed by atoms with Gasteiger partial charge in [0.2, 0.25) is 0 Å². The molecular formula is C12H17N3O2. The van der Waals surface area contributed by atoms with Crippen molar-refractivity contribution in [2.24, 2.45) is 11.5 Å². The van der Waals surface area contributed by atoms with Gasteiger partial charge in [0.05, 0.1) is 6.61 Å². The van der Waals surface area contributed by atoms with Crippen molar-refractivity contribution in [2.45, 2.75) is 19.4 Å². The van der Waals surface area contributed by atoms with Crippen LogP contribution >= 0.6 is 0 Å². The average Bonchev–Trinajstić information content (AvgIpc) is 2.72. The first kappa shape index (κ1) is 11.7. The van der Waals surface area contributed by atoms with E-state index in [2.05, 4.69) is 0 Å². The van der Waals surface area contributed by atoms with Gasteiger partial charge in [-0.25, -0.2) is 4.79 Å². The van der Waals surface area contributed by atoms with Crippen LogP contribution in [0.15, 0.2) is 18.2 Å². The Bertz CT molecular complexity index is 432. The Morgan fingerprint density at radius 3 is 3.00 bits per heavy atom. The summed E-state index contributed by atoms with van der Waals surface area (Å²) in [6, 6.07) is 5.04. The first-order valence-corrected chi connectivity index (χ1v) is 5.66. The molecule has 0 aromatic heterocycles. The van der Waals surface area contributed by atoms with Crippen molar-refractivity contribution in [1.29, 1.82) is 0 Å². The largest absolute Gasteiger partial charge is 0.493 e. The molecule has 1 aliphatic rings. The molecule has 1 atom stereocenters. The fourth-order valence-electron chi connectivity index (χ4n) is 1.95. The summed E-state index contributed by atoms with van der Waals surface area (Å²) < 4.78 is 5.42. The summed E-state index contributed by atoms with van der Waals surface area (Å²) >= 11 is 0. The quantitative estimate of drug-likeness (QED) is 0.815. The maximum absolute atomic E-state index is 11.4. The van der Waals surface area contributed by atoms with Crippen molar-refractivity contribution in [3.8, 4) is 5.75 Å². The Morgan fingerprint density at radius 1 is 1.59 bits per heavy atom. The molecule has 1 unspecified atom stereocenters. The van der Waals surface area contributed by atoms with Crippen molar-refractivity contribution in [3.63, 3.8) is 0 Å². The molecule has 0 saturated heterocycles. The van der Waals surface area contributed by atoms with E-state index in [4.69, 9.17) is 16.2 Å². The summed E-state index contributed by atoms with van der Waals surface area (Å²) in [4.78, 5) is 12.9. The number of anilines is 1. The zero-order chi connectivity index (χ0) is 12.4. The predicted molar refractivity (Wildman–Crippen MR) is 66.2 cm³/mol. The van der Waals surface area contributed by atoms with Gasteiger partial charge in [0.1, 0.15) is 5.75 Å². The van der Waals surface area contributed by atoms with Gasteiger partial charge >= 0.3 is 6.03 Å². The Labute approximate surface area is 100 Å². The molecular weight excluding hydrogens is 218 g/mol. The first-order valence-electron chi connectivity index (χ1n) is 5.66. The number of carbonyl (C=O) groups is 1. The lowest BCUT2D eigenvalue weighted by atomic mass is 10.1. The number of primary amides is 1. The number of nitrogens with zero attached hydrogens (tertiary/aromatic N) is 1.